The molecule has 3 rings (SSSR count). The molecule has 2 aromatic carbocycles. The van der Waals surface area contributed by atoms with Gasteiger partial charge in [0.2, 0.25) is 5.82 Å². The molecule has 1 atom stereocenters. The average Bonchev–Trinajstić information content (AvgIpc) is 2.99. The minimum Gasteiger partial charge on any atom is -0.398 e. The maximum atomic E-state index is 5.92. The Morgan fingerprint density at radius 2 is 1.76 bits per heavy atom. The quantitative estimate of drug-likeness (QED) is 0.744. The van der Waals surface area contributed by atoms with E-state index in [2.05, 4.69) is 10.1 Å². The summed E-state index contributed by atoms with van der Waals surface area (Å²) in [5, 5.41) is 4.01. The van der Waals surface area contributed by atoms with Gasteiger partial charge in [0.05, 0.1) is 5.56 Å². The number of hydrogen-bond donors (Lipinski definition) is 1. The second-order valence-electron chi connectivity index (χ2n) is 4.57. The Labute approximate surface area is 122 Å². The van der Waals surface area contributed by atoms with E-state index in [-0.39, 0.29) is 6.10 Å². The first-order valence-corrected chi connectivity index (χ1v) is 6.56. The predicted molar refractivity (Wildman–Crippen MR) is 79.4 cm³/mol. The average molecular weight is 281 g/mol. The van der Waals surface area contributed by atoms with Gasteiger partial charge in [-0.05, 0) is 17.7 Å². The highest BCUT2D eigenvalue weighted by atomic mass is 16.5. The lowest BCUT2D eigenvalue weighted by atomic mass is 10.1. The van der Waals surface area contributed by atoms with Gasteiger partial charge in [0, 0.05) is 12.8 Å². The SMILES string of the molecule is COC(c1ccccc1)c1noc(-c2ccccc2N)n1. The zero-order chi connectivity index (χ0) is 14.7. The Kier molecular flexibility index (Phi) is 3.66. The number of nitrogens with zero attached hydrogens (tertiary/aromatic N) is 2. The fraction of sp³-hybridized carbons (Fsp3) is 0.125. The highest BCUT2D eigenvalue weighted by Gasteiger charge is 2.20. The van der Waals surface area contributed by atoms with Crippen LogP contribution >= 0.6 is 0 Å². The molecule has 2 N–H and O–H groups in total. The highest BCUT2D eigenvalue weighted by Crippen LogP contribution is 2.28. The van der Waals surface area contributed by atoms with Crippen LogP contribution in [0.5, 0.6) is 0 Å². The first-order chi connectivity index (χ1) is 10.3. The van der Waals surface area contributed by atoms with Crippen LogP contribution in [0.2, 0.25) is 0 Å². The van der Waals surface area contributed by atoms with E-state index in [1.54, 1.807) is 13.2 Å². The van der Waals surface area contributed by atoms with Crippen LogP contribution in [0.3, 0.4) is 0 Å². The number of methoxy groups -OCH3 is 1. The van der Waals surface area contributed by atoms with Gasteiger partial charge in [0.25, 0.3) is 5.89 Å². The zero-order valence-corrected chi connectivity index (χ0v) is 11.6. The molecule has 0 saturated carbocycles. The summed E-state index contributed by atoms with van der Waals surface area (Å²) in [7, 11) is 1.62. The molecule has 0 aliphatic rings. The molecule has 0 amide bonds. The van der Waals surface area contributed by atoms with Gasteiger partial charge in [0.1, 0.15) is 6.10 Å². The molecule has 0 aliphatic carbocycles. The summed E-state index contributed by atoms with van der Waals surface area (Å²) >= 11 is 0. The molecule has 0 saturated heterocycles. The third-order valence-corrected chi connectivity index (χ3v) is 3.21. The van der Waals surface area contributed by atoms with Crippen molar-refractivity contribution >= 4 is 5.69 Å². The van der Waals surface area contributed by atoms with E-state index in [1.807, 2.05) is 48.5 Å². The molecule has 5 nitrogen and oxygen atoms in total. The maximum Gasteiger partial charge on any atom is 0.260 e. The third kappa shape index (κ3) is 2.64. The molecule has 0 aliphatic heterocycles. The van der Waals surface area contributed by atoms with Crippen molar-refractivity contribution in [3.05, 3.63) is 66.0 Å². The molecule has 21 heavy (non-hydrogen) atoms. The summed E-state index contributed by atoms with van der Waals surface area (Å²) in [4.78, 5) is 4.41. The van der Waals surface area contributed by atoms with Crippen LogP contribution in [0.4, 0.5) is 5.69 Å². The van der Waals surface area contributed by atoms with Crippen molar-refractivity contribution in [2.24, 2.45) is 0 Å². The lowest BCUT2D eigenvalue weighted by molar-refractivity contribution is 0.126. The van der Waals surface area contributed by atoms with Crippen LogP contribution in [0.15, 0.2) is 59.1 Å². The lowest BCUT2D eigenvalue weighted by Crippen LogP contribution is -2.05. The Balaban J connectivity index is 1.96. The summed E-state index contributed by atoms with van der Waals surface area (Å²) in [6.45, 7) is 0. The van der Waals surface area contributed by atoms with Gasteiger partial charge >= 0.3 is 0 Å². The van der Waals surface area contributed by atoms with Crippen LogP contribution in [-0.2, 0) is 4.74 Å². The van der Waals surface area contributed by atoms with Crippen molar-refractivity contribution in [3.8, 4) is 11.5 Å². The standard InChI is InChI=1S/C16H15N3O2/c1-20-14(11-7-3-2-4-8-11)15-18-16(21-19-15)12-9-5-6-10-13(12)17/h2-10,14H,17H2,1H3. The van der Waals surface area contributed by atoms with Crippen LogP contribution in [0.25, 0.3) is 11.5 Å². The largest absolute Gasteiger partial charge is 0.398 e. The summed E-state index contributed by atoms with van der Waals surface area (Å²) in [5.41, 5.74) is 8.21. The minimum atomic E-state index is -0.367. The molecule has 0 radical (unpaired) electrons. The predicted octanol–water partition coefficient (Wildman–Crippen LogP) is 3.05. The van der Waals surface area contributed by atoms with Gasteiger partial charge < -0.3 is 15.0 Å². The summed E-state index contributed by atoms with van der Waals surface area (Å²) in [6.07, 6.45) is -0.367. The first kappa shape index (κ1) is 13.3. The second kappa shape index (κ2) is 5.76. The van der Waals surface area contributed by atoms with Crippen molar-refractivity contribution in [2.45, 2.75) is 6.10 Å². The number of para-hydroxylation sites is 1. The molecular weight excluding hydrogens is 266 g/mol. The van der Waals surface area contributed by atoms with Gasteiger partial charge in [-0.1, -0.05) is 47.6 Å². The van der Waals surface area contributed by atoms with Crippen molar-refractivity contribution in [3.63, 3.8) is 0 Å². The lowest BCUT2D eigenvalue weighted by Gasteiger charge is -2.10. The first-order valence-electron chi connectivity index (χ1n) is 6.56. The highest BCUT2D eigenvalue weighted by molar-refractivity contribution is 5.69. The van der Waals surface area contributed by atoms with E-state index < -0.39 is 0 Å². The van der Waals surface area contributed by atoms with E-state index in [1.165, 1.54) is 0 Å². The molecule has 5 heteroatoms. The topological polar surface area (TPSA) is 74.2 Å². The Morgan fingerprint density at radius 3 is 2.48 bits per heavy atom. The number of aromatic nitrogens is 2. The van der Waals surface area contributed by atoms with Crippen molar-refractivity contribution in [2.75, 3.05) is 12.8 Å². The molecule has 0 bridgehead atoms. The summed E-state index contributed by atoms with van der Waals surface area (Å²) < 4.78 is 10.8. The monoisotopic (exact) mass is 281 g/mol. The van der Waals surface area contributed by atoms with Crippen LogP contribution < -0.4 is 5.73 Å². The molecule has 1 heterocycles. The summed E-state index contributed by atoms with van der Waals surface area (Å²) in [5.74, 6) is 0.864. The van der Waals surface area contributed by atoms with E-state index in [0.29, 0.717) is 17.4 Å². The number of nitrogens with two attached hydrogens (primary N) is 1. The molecule has 0 spiro atoms. The van der Waals surface area contributed by atoms with E-state index >= 15 is 0 Å². The molecule has 0 fully saturated rings. The number of ether oxygens (including phenoxy) is 1. The zero-order valence-electron chi connectivity index (χ0n) is 11.6. The Hall–Kier alpha value is -2.66. The molecular formula is C16H15N3O2. The van der Waals surface area contributed by atoms with E-state index in [4.69, 9.17) is 15.0 Å². The molecule has 106 valence electrons. The smallest absolute Gasteiger partial charge is 0.260 e. The van der Waals surface area contributed by atoms with Gasteiger partial charge in [-0.15, -0.1) is 0 Å². The fourth-order valence-electron chi connectivity index (χ4n) is 2.16. The Bertz CT molecular complexity index is 725. The van der Waals surface area contributed by atoms with E-state index in [9.17, 15) is 0 Å². The molecule has 1 unspecified atom stereocenters. The minimum absolute atomic E-state index is 0.367. The molecule has 3 aromatic rings. The van der Waals surface area contributed by atoms with Gasteiger partial charge in [-0.25, -0.2) is 0 Å². The van der Waals surface area contributed by atoms with Gasteiger partial charge in [-0.2, -0.15) is 4.98 Å². The van der Waals surface area contributed by atoms with Gasteiger partial charge in [-0.3, -0.25) is 0 Å². The normalized spacial score (nSPS) is 12.2. The van der Waals surface area contributed by atoms with Crippen LogP contribution in [-0.4, -0.2) is 17.3 Å². The number of anilines is 1. The molecule has 1 aromatic heterocycles. The van der Waals surface area contributed by atoms with Crippen LogP contribution in [0.1, 0.15) is 17.5 Å². The van der Waals surface area contributed by atoms with Crippen LogP contribution in [0, 0.1) is 0 Å². The van der Waals surface area contributed by atoms with Gasteiger partial charge in [0.15, 0.2) is 0 Å². The maximum absolute atomic E-state index is 5.92. The fourth-order valence-corrected chi connectivity index (χ4v) is 2.16. The number of benzene rings is 2. The number of rotatable bonds is 4. The third-order valence-electron chi connectivity index (χ3n) is 3.21. The van der Waals surface area contributed by atoms with Crippen molar-refractivity contribution in [1.29, 1.82) is 0 Å². The number of nitrogen functional groups attached to an aromatic ring is 1. The Morgan fingerprint density at radius 1 is 1.05 bits per heavy atom. The summed E-state index contributed by atoms with van der Waals surface area (Å²) in [6, 6.07) is 17.1. The van der Waals surface area contributed by atoms with E-state index in [0.717, 1.165) is 11.1 Å². The van der Waals surface area contributed by atoms with Crippen molar-refractivity contribution in [1.82, 2.24) is 10.1 Å². The second-order valence-corrected chi connectivity index (χ2v) is 4.57. The number of hydrogen-bond acceptors (Lipinski definition) is 5. The van der Waals surface area contributed by atoms with Crippen molar-refractivity contribution < 1.29 is 9.26 Å².